The molecule has 6 rings (SSSR count). The number of hydrogen-bond acceptors (Lipinski definition) is 3. The van der Waals surface area contributed by atoms with Gasteiger partial charge in [-0.3, -0.25) is 0 Å². The van der Waals surface area contributed by atoms with Crippen molar-refractivity contribution >= 4 is 5.57 Å². The van der Waals surface area contributed by atoms with Crippen LogP contribution >= 0.6 is 0 Å². The SMILES string of the molecule is CN(C)CC/C=C1/c2ccccc2COc2ccc(CCOC(c3ccccc3)(c3ccccc3)c3ccccc3)cc21. The van der Waals surface area contributed by atoms with E-state index >= 15 is 0 Å². The van der Waals surface area contributed by atoms with Crippen LogP contribution in [0.3, 0.4) is 0 Å². The van der Waals surface area contributed by atoms with Crippen LogP contribution in [0.25, 0.3) is 5.57 Å². The third-order valence-corrected chi connectivity index (χ3v) is 8.20. The zero-order valence-corrected chi connectivity index (χ0v) is 25.1. The molecule has 0 atom stereocenters. The highest BCUT2D eigenvalue weighted by molar-refractivity contribution is 5.85. The topological polar surface area (TPSA) is 21.7 Å². The van der Waals surface area contributed by atoms with E-state index in [1.54, 1.807) is 0 Å². The summed E-state index contributed by atoms with van der Waals surface area (Å²) < 4.78 is 13.4. The zero-order valence-electron chi connectivity index (χ0n) is 25.1. The van der Waals surface area contributed by atoms with Gasteiger partial charge in [0.2, 0.25) is 0 Å². The molecule has 0 amide bonds. The highest BCUT2D eigenvalue weighted by atomic mass is 16.5. The van der Waals surface area contributed by atoms with Gasteiger partial charge in [0, 0.05) is 12.1 Å². The first kappa shape index (κ1) is 28.7. The van der Waals surface area contributed by atoms with E-state index in [1.807, 2.05) is 0 Å². The second-order valence-electron chi connectivity index (χ2n) is 11.4. The van der Waals surface area contributed by atoms with Crippen molar-refractivity contribution in [2.75, 3.05) is 27.2 Å². The summed E-state index contributed by atoms with van der Waals surface area (Å²) in [5, 5.41) is 0. The summed E-state index contributed by atoms with van der Waals surface area (Å²) in [4.78, 5) is 2.23. The molecule has 0 bridgehead atoms. The third kappa shape index (κ3) is 6.19. The van der Waals surface area contributed by atoms with Gasteiger partial charge in [0.05, 0.1) is 6.61 Å². The molecule has 0 N–H and O–H groups in total. The van der Waals surface area contributed by atoms with Gasteiger partial charge >= 0.3 is 0 Å². The number of benzene rings is 5. The molecule has 0 saturated carbocycles. The van der Waals surface area contributed by atoms with Crippen molar-refractivity contribution in [3.05, 3.63) is 178 Å². The summed E-state index contributed by atoms with van der Waals surface area (Å²) >= 11 is 0. The largest absolute Gasteiger partial charge is 0.488 e. The summed E-state index contributed by atoms with van der Waals surface area (Å²) in [6.45, 7) is 2.12. The molecule has 1 aliphatic heterocycles. The van der Waals surface area contributed by atoms with Crippen LogP contribution in [-0.4, -0.2) is 32.1 Å². The first-order valence-corrected chi connectivity index (χ1v) is 15.1. The lowest BCUT2D eigenvalue weighted by Crippen LogP contribution is -2.33. The number of ether oxygens (including phenoxy) is 2. The Bertz CT molecular complexity index is 1560. The maximum Gasteiger partial charge on any atom is 0.143 e. The van der Waals surface area contributed by atoms with E-state index in [9.17, 15) is 0 Å². The van der Waals surface area contributed by atoms with Gasteiger partial charge in [0.1, 0.15) is 18.0 Å². The van der Waals surface area contributed by atoms with E-state index in [0.717, 1.165) is 47.4 Å². The Morgan fingerprint density at radius 1 is 0.698 bits per heavy atom. The maximum absolute atomic E-state index is 7.08. The average Bonchev–Trinajstić information content (AvgIpc) is 3.21. The van der Waals surface area contributed by atoms with E-state index in [1.165, 1.54) is 22.3 Å². The maximum atomic E-state index is 7.08. The quantitative estimate of drug-likeness (QED) is 0.159. The predicted molar refractivity (Wildman–Crippen MR) is 176 cm³/mol. The van der Waals surface area contributed by atoms with Crippen LogP contribution < -0.4 is 4.74 Å². The molecule has 0 aliphatic carbocycles. The molecule has 5 aromatic rings. The van der Waals surface area contributed by atoms with Gasteiger partial charge in [0.25, 0.3) is 0 Å². The predicted octanol–water partition coefficient (Wildman–Crippen LogP) is 8.51. The molecule has 0 spiro atoms. The van der Waals surface area contributed by atoms with Crippen molar-refractivity contribution < 1.29 is 9.47 Å². The van der Waals surface area contributed by atoms with Crippen molar-refractivity contribution in [3.63, 3.8) is 0 Å². The monoisotopic (exact) mass is 565 g/mol. The van der Waals surface area contributed by atoms with E-state index < -0.39 is 5.60 Å². The molecule has 216 valence electrons. The Hall–Kier alpha value is -4.44. The highest BCUT2D eigenvalue weighted by Crippen LogP contribution is 2.41. The van der Waals surface area contributed by atoms with Gasteiger partial charge in [0.15, 0.2) is 0 Å². The third-order valence-electron chi connectivity index (χ3n) is 8.20. The summed E-state index contributed by atoms with van der Waals surface area (Å²) in [6.07, 6.45) is 4.11. The molecule has 0 unspecified atom stereocenters. The fraction of sp³-hybridized carbons (Fsp3) is 0.200. The number of fused-ring (bicyclic) bond motifs is 2. The minimum Gasteiger partial charge on any atom is -0.488 e. The van der Waals surface area contributed by atoms with Crippen LogP contribution in [0, 0.1) is 0 Å². The lowest BCUT2D eigenvalue weighted by Gasteiger charge is -2.36. The van der Waals surface area contributed by atoms with Crippen molar-refractivity contribution in [3.8, 4) is 5.75 Å². The second kappa shape index (κ2) is 13.2. The normalized spacial score (nSPS) is 13.7. The smallest absolute Gasteiger partial charge is 0.143 e. The van der Waals surface area contributed by atoms with E-state index in [-0.39, 0.29) is 0 Å². The first-order valence-electron chi connectivity index (χ1n) is 15.1. The van der Waals surface area contributed by atoms with Gasteiger partial charge in [-0.2, -0.15) is 0 Å². The van der Waals surface area contributed by atoms with E-state index in [2.05, 4.69) is 159 Å². The molecule has 43 heavy (non-hydrogen) atoms. The molecule has 0 radical (unpaired) electrons. The fourth-order valence-corrected chi connectivity index (χ4v) is 6.06. The van der Waals surface area contributed by atoms with Crippen LogP contribution in [0.15, 0.2) is 140 Å². The van der Waals surface area contributed by atoms with Gasteiger partial charge < -0.3 is 14.4 Å². The number of hydrogen-bond donors (Lipinski definition) is 0. The van der Waals surface area contributed by atoms with Crippen LogP contribution in [-0.2, 0) is 23.4 Å². The van der Waals surface area contributed by atoms with Crippen molar-refractivity contribution in [2.24, 2.45) is 0 Å². The zero-order chi connectivity index (χ0) is 29.5. The van der Waals surface area contributed by atoms with Crippen LogP contribution in [0.1, 0.15) is 45.4 Å². The van der Waals surface area contributed by atoms with Crippen LogP contribution in [0.2, 0.25) is 0 Å². The Labute approximate surface area is 256 Å². The second-order valence-corrected chi connectivity index (χ2v) is 11.4. The fourth-order valence-electron chi connectivity index (χ4n) is 6.06. The highest BCUT2D eigenvalue weighted by Gasteiger charge is 2.37. The van der Waals surface area contributed by atoms with Crippen LogP contribution in [0.4, 0.5) is 0 Å². The van der Waals surface area contributed by atoms with Gasteiger partial charge in [-0.05, 0) is 78.0 Å². The molecule has 5 aromatic carbocycles. The standard InChI is InChI=1S/C40H39NO2/c1-41(2)27-14-23-37-36-22-13-12-15-32(36)30-42-39-25-24-31(29-38(37)39)26-28-43-40(33-16-6-3-7-17-33,34-18-8-4-9-19-34)35-20-10-5-11-21-35/h3-13,15-25,29H,14,26-28,30H2,1-2H3/b37-23-. The molecular formula is C40H39NO2. The number of rotatable bonds is 10. The van der Waals surface area contributed by atoms with Crippen molar-refractivity contribution in [1.82, 2.24) is 4.90 Å². The molecule has 0 aromatic heterocycles. The summed E-state index contributed by atoms with van der Waals surface area (Å²) in [5.41, 5.74) is 8.73. The molecular weight excluding hydrogens is 526 g/mol. The summed E-state index contributed by atoms with van der Waals surface area (Å²) in [7, 11) is 4.24. The molecule has 0 saturated heterocycles. The summed E-state index contributed by atoms with van der Waals surface area (Å²) in [5.74, 6) is 0.934. The Kier molecular flexibility index (Phi) is 8.83. The molecule has 1 heterocycles. The Morgan fingerprint density at radius 2 is 1.28 bits per heavy atom. The molecule has 0 fully saturated rings. The Balaban J connectivity index is 1.34. The summed E-state index contributed by atoms with van der Waals surface area (Å²) in [6, 6.07) is 47.0. The first-order chi connectivity index (χ1) is 21.1. The average molecular weight is 566 g/mol. The van der Waals surface area contributed by atoms with Gasteiger partial charge in [-0.15, -0.1) is 0 Å². The lowest BCUT2D eigenvalue weighted by molar-refractivity contribution is 0.0147. The van der Waals surface area contributed by atoms with E-state index in [4.69, 9.17) is 9.47 Å². The van der Waals surface area contributed by atoms with Crippen molar-refractivity contribution in [1.29, 1.82) is 0 Å². The minimum atomic E-state index is -0.727. The molecule has 1 aliphatic rings. The number of nitrogens with zero attached hydrogens (tertiary/aromatic N) is 1. The van der Waals surface area contributed by atoms with E-state index in [0.29, 0.717) is 13.2 Å². The Morgan fingerprint density at radius 3 is 1.88 bits per heavy atom. The van der Waals surface area contributed by atoms with Crippen LogP contribution in [0.5, 0.6) is 5.75 Å². The lowest BCUT2D eigenvalue weighted by atomic mass is 9.80. The van der Waals surface area contributed by atoms with Gasteiger partial charge in [-0.1, -0.05) is 127 Å². The minimum absolute atomic E-state index is 0.550. The van der Waals surface area contributed by atoms with Gasteiger partial charge in [-0.25, -0.2) is 0 Å². The molecule has 3 heteroatoms. The van der Waals surface area contributed by atoms with Crippen molar-refractivity contribution in [2.45, 2.75) is 25.0 Å². The molecule has 3 nitrogen and oxygen atoms in total.